The van der Waals surface area contributed by atoms with Crippen LogP contribution in [0.2, 0.25) is 0 Å². The van der Waals surface area contributed by atoms with Gasteiger partial charge in [-0.15, -0.1) is 0 Å². The Bertz CT molecular complexity index is 669. The molecule has 2 heterocycles. The lowest BCUT2D eigenvalue weighted by atomic mass is 10.00. The fraction of sp³-hybridized carbons (Fsp3) is 0.600. The number of nitrogen functional groups attached to an aromatic ring is 1. The van der Waals surface area contributed by atoms with Gasteiger partial charge in [0.15, 0.2) is 0 Å². The highest BCUT2D eigenvalue weighted by Crippen LogP contribution is 2.19. The summed E-state index contributed by atoms with van der Waals surface area (Å²) in [4.78, 5) is 7.20. The molecule has 1 aromatic heterocycles. The number of nitrogens with two attached hydrogens (primary N) is 1. The molecular formula is C10H16N4. The SMILES string of the molecule is [2H]C([2H])([2H])C1([2H])C([2H])([2H])C([2H])([2H])N(c2ncc(N)cn2)C([2H])([2H])C1([2H])[2H]. The van der Waals surface area contributed by atoms with Gasteiger partial charge in [0.05, 0.1) is 18.1 Å². The predicted molar refractivity (Wildman–Crippen MR) is 57.1 cm³/mol. The van der Waals surface area contributed by atoms with Gasteiger partial charge in [0.1, 0.15) is 0 Å². The van der Waals surface area contributed by atoms with Gasteiger partial charge >= 0.3 is 0 Å². The Labute approximate surface area is 101 Å². The summed E-state index contributed by atoms with van der Waals surface area (Å²) in [6.45, 7) is -10.7. The average molecular weight is 204 g/mol. The lowest BCUT2D eigenvalue weighted by molar-refractivity contribution is 0.434. The number of hydrogen-bond donors (Lipinski definition) is 1. The van der Waals surface area contributed by atoms with Crippen LogP contribution in [0.25, 0.3) is 0 Å². The molecule has 1 fully saturated rings. The molecule has 0 unspecified atom stereocenters. The summed E-state index contributed by atoms with van der Waals surface area (Å²) in [5.41, 5.74) is 5.45. The first-order valence-electron chi connectivity index (χ1n) is 9.75. The minimum atomic E-state index is -3.77. The Morgan fingerprint density at radius 1 is 1.57 bits per heavy atom. The zero-order valence-electron chi connectivity index (χ0n) is 19.1. The lowest BCUT2D eigenvalue weighted by Gasteiger charge is -2.30. The molecule has 2 rings (SSSR count). The molecule has 0 aliphatic carbocycles. The van der Waals surface area contributed by atoms with E-state index in [4.69, 9.17) is 22.2 Å². The molecule has 4 heteroatoms. The second-order valence-electron chi connectivity index (χ2n) is 2.50. The summed E-state index contributed by atoms with van der Waals surface area (Å²) in [5.74, 6) is -4.51. The highest BCUT2D eigenvalue weighted by Gasteiger charge is 2.17. The molecule has 2 N–H and O–H groups in total. The van der Waals surface area contributed by atoms with Crippen LogP contribution in [-0.4, -0.2) is 23.0 Å². The van der Waals surface area contributed by atoms with Crippen LogP contribution in [-0.2, 0) is 0 Å². The third-order valence-corrected chi connectivity index (χ3v) is 1.44. The molecule has 0 saturated carbocycles. The molecule has 4 nitrogen and oxygen atoms in total. The van der Waals surface area contributed by atoms with Crippen LogP contribution >= 0.6 is 0 Å². The topological polar surface area (TPSA) is 55.0 Å². The summed E-state index contributed by atoms with van der Waals surface area (Å²) >= 11 is 0. The van der Waals surface area contributed by atoms with Gasteiger partial charge in [-0.3, -0.25) is 0 Å². The van der Waals surface area contributed by atoms with Gasteiger partial charge in [0, 0.05) is 29.4 Å². The van der Waals surface area contributed by atoms with Gasteiger partial charge < -0.3 is 10.6 Å². The Balaban J connectivity index is 2.86. The monoisotopic (exact) mass is 204 g/mol. The van der Waals surface area contributed by atoms with Crippen LogP contribution in [0, 0.1) is 5.89 Å². The van der Waals surface area contributed by atoms with E-state index in [0.717, 1.165) is 12.4 Å². The molecule has 1 aliphatic rings. The quantitative estimate of drug-likeness (QED) is 0.749. The fourth-order valence-electron chi connectivity index (χ4n) is 0.829. The maximum absolute atomic E-state index is 8.10. The summed E-state index contributed by atoms with van der Waals surface area (Å²) in [6, 6.07) is 0. The largest absolute Gasteiger partial charge is 0.396 e. The van der Waals surface area contributed by atoms with E-state index in [2.05, 4.69) is 9.97 Å². The van der Waals surface area contributed by atoms with Crippen molar-refractivity contribution in [3.05, 3.63) is 12.4 Å². The second kappa shape index (κ2) is 3.82. The van der Waals surface area contributed by atoms with Crippen molar-refractivity contribution in [1.82, 2.24) is 9.97 Å². The molecule has 1 aliphatic heterocycles. The number of nitrogens with zero attached hydrogens (tertiary/aromatic N) is 3. The number of piperidine rings is 1. The normalized spacial score (nSPS) is 48.7. The highest BCUT2D eigenvalue weighted by atomic mass is 15.2. The fourth-order valence-corrected chi connectivity index (χ4v) is 0.829. The molecular weight excluding hydrogens is 176 g/mol. The Kier molecular flexibility index (Phi) is 0.715. The van der Waals surface area contributed by atoms with Gasteiger partial charge in [-0.25, -0.2) is 9.97 Å². The Morgan fingerprint density at radius 2 is 2.21 bits per heavy atom. The van der Waals surface area contributed by atoms with E-state index in [-0.39, 0.29) is 10.6 Å². The van der Waals surface area contributed by atoms with Crippen LogP contribution in [0.1, 0.15) is 36.0 Å². The first-order chi connectivity index (χ1) is 11.4. The highest BCUT2D eigenvalue weighted by molar-refractivity contribution is 5.37. The lowest BCUT2D eigenvalue weighted by Crippen LogP contribution is -2.34. The van der Waals surface area contributed by atoms with E-state index in [1.54, 1.807) is 0 Å². The van der Waals surface area contributed by atoms with Crippen LogP contribution in [0.5, 0.6) is 0 Å². The number of anilines is 2. The van der Waals surface area contributed by atoms with Crippen molar-refractivity contribution in [2.75, 3.05) is 23.6 Å². The zero-order valence-corrected chi connectivity index (χ0v) is 7.07. The Hall–Kier alpha value is -1.32. The van der Waals surface area contributed by atoms with Gasteiger partial charge in [0.2, 0.25) is 5.95 Å². The van der Waals surface area contributed by atoms with E-state index in [9.17, 15) is 0 Å². The van der Waals surface area contributed by atoms with Crippen molar-refractivity contribution in [3.63, 3.8) is 0 Å². The third kappa shape index (κ3) is 1.95. The summed E-state index contributed by atoms with van der Waals surface area (Å²) < 4.78 is 94.8. The van der Waals surface area contributed by atoms with Gasteiger partial charge in [0.25, 0.3) is 0 Å². The first kappa shape index (κ1) is 2.62. The third-order valence-electron chi connectivity index (χ3n) is 1.44. The standard InChI is InChI=1S/C10H16N4/c1-8-2-4-14(5-3-8)10-12-6-9(11)7-13-10/h6-8H,2-5,11H2,1H3/i1D3,2D2,3D2,4D2,5D2,8D. The first-order valence-corrected chi connectivity index (χ1v) is 3.75. The van der Waals surface area contributed by atoms with Crippen molar-refractivity contribution in [2.24, 2.45) is 5.89 Å². The average Bonchev–Trinajstić information content (AvgIpc) is 2.45. The van der Waals surface area contributed by atoms with E-state index < -0.39 is 44.4 Å². The molecule has 14 heavy (non-hydrogen) atoms. The summed E-state index contributed by atoms with van der Waals surface area (Å²) in [7, 11) is 0. The number of aromatic nitrogens is 2. The van der Waals surface area contributed by atoms with Crippen LogP contribution in [0.3, 0.4) is 0 Å². The van der Waals surface area contributed by atoms with Crippen LogP contribution in [0.4, 0.5) is 11.6 Å². The van der Waals surface area contributed by atoms with Crippen molar-refractivity contribution < 1.29 is 16.4 Å². The van der Waals surface area contributed by atoms with Crippen molar-refractivity contribution >= 4 is 11.6 Å². The Morgan fingerprint density at radius 3 is 2.79 bits per heavy atom. The molecule has 0 radical (unpaired) electrons. The van der Waals surface area contributed by atoms with Crippen molar-refractivity contribution in [1.29, 1.82) is 0 Å². The zero-order chi connectivity index (χ0) is 20.6. The minimum absolute atomic E-state index is 0.0159. The maximum atomic E-state index is 8.10. The van der Waals surface area contributed by atoms with Crippen molar-refractivity contribution in [3.8, 4) is 0 Å². The molecule has 0 bridgehead atoms. The molecule has 0 atom stereocenters. The summed E-state index contributed by atoms with van der Waals surface area (Å²) in [6.07, 6.45) is -5.42. The molecule has 0 amide bonds. The molecule has 0 spiro atoms. The molecule has 0 aromatic carbocycles. The summed E-state index contributed by atoms with van der Waals surface area (Å²) in [5, 5.41) is 0. The van der Waals surface area contributed by atoms with E-state index in [1.165, 1.54) is 0 Å². The van der Waals surface area contributed by atoms with E-state index in [0.29, 0.717) is 0 Å². The van der Waals surface area contributed by atoms with Crippen molar-refractivity contribution in [2.45, 2.75) is 19.6 Å². The minimum Gasteiger partial charge on any atom is -0.396 e. The second-order valence-corrected chi connectivity index (χ2v) is 2.50. The molecule has 1 saturated heterocycles. The van der Waals surface area contributed by atoms with Gasteiger partial charge in [-0.1, -0.05) is 6.85 Å². The van der Waals surface area contributed by atoms with Crippen LogP contribution < -0.4 is 10.6 Å². The van der Waals surface area contributed by atoms with E-state index in [1.807, 2.05) is 0 Å². The van der Waals surface area contributed by atoms with Gasteiger partial charge in [-0.2, -0.15) is 0 Å². The number of rotatable bonds is 1. The maximum Gasteiger partial charge on any atom is 0.225 e. The van der Waals surface area contributed by atoms with Crippen LogP contribution in [0.15, 0.2) is 12.4 Å². The molecule has 76 valence electrons. The number of hydrogen-bond acceptors (Lipinski definition) is 4. The smallest absolute Gasteiger partial charge is 0.225 e. The van der Waals surface area contributed by atoms with E-state index >= 15 is 0 Å². The predicted octanol–water partition coefficient (Wildman–Crippen LogP) is 1.30. The molecule has 1 aromatic rings. The van der Waals surface area contributed by atoms with Gasteiger partial charge in [-0.05, 0) is 18.6 Å².